The molecule has 0 fully saturated rings. The summed E-state index contributed by atoms with van der Waals surface area (Å²) in [5.74, 6) is 0. The molecule has 0 spiro atoms. The largest absolute Gasteiger partial charge is 1.00 e. The molecule has 0 aliphatic heterocycles. The average Bonchev–Trinajstić information content (AvgIpc) is 3.28. The fourth-order valence-corrected chi connectivity index (χ4v) is 3.14. The van der Waals surface area contributed by atoms with Crippen LogP contribution in [0.4, 0.5) is 0 Å². The summed E-state index contributed by atoms with van der Waals surface area (Å²) in [7, 11) is 0. The zero-order valence-electron chi connectivity index (χ0n) is 20.4. The van der Waals surface area contributed by atoms with Crippen LogP contribution in [-0.4, -0.2) is 5.43 Å². The second kappa shape index (κ2) is 24.3. The normalized spacial score (nSPS) is 13.9. The topological polar surface area (TPSA) is 0 Å². The first-order valence-electron chi connectivity index (χ1n) is 11.6. The van der Waals surface area contributed by atoms with Crippen LogP contribution in [-0.2, 0) is 23.3 Å². The van der Waals surface area contributed by atoms with E-state index in [1.54, 1.807) is 34.5 Å². The van der Waals surface area contributed by atoms with Crippen LogP contribution < -0.4 is 24.8 Å². The van der Waals surface area contributed by atoms with Crippen molar-refractivity contribution < 1.29 is 48.1 Å². The van der Waals surface area contributed by atoms with Gasteiger partial charge in [-0.3, -0.25) is 12.2 Å². The van der Waals surface area contributed by atoms with Crippen LogP contribution in [0.5, 0.6) is 0 Å². The molecule has 0 saturated carbocycles. The van der Waals surface area contributed by atoms with Crippen LogP contribution in [0.3, 0.4) is 0 Å². The minimum absolute atomic E-state index is 0. The van der Waals surface area contributed by atoms with Gasteiger partial charge in [0, 0.05) is 0 Å². The van der Waals surface area contributed by atoms with E-state index in [0.717, 1.165) is 12.8 Å². The Hall–Kier alpha value is 0.640. The molecular formula is C26H44Cl2SiZr-2. The molecular weight excluding hydrogens is 503 g/mol. The van der Waals surface area contributed by atoms with Crippen molar-refractivity contribution in [2.24, 2.45) is 0 Å². The van der Waals surface area contributed by atoms with E-state index in [1.165, 1.54) is 75.4 Å². The van der Waals surface area contributed by atoms with Gasteiger partial charge >= 0.3 is 41.9 Å². The molecule has 0 aromatic heterocycles. The summed E-state index contributed by atoms with van der Waals surface area (Å²) in [5, 5.41) is 0. The zero-order valence-corrected chi connectivity index (χ0v) is 25.4. The Labute approximate surface area is 216 Å². The summed E-state index contributed by atoms with van der Waals surface area (Å²) in [4.78, 5) is 0. The van der Waals surface area contributed by atoms with E-state index in [9.17, 15) is 0 Å². The maximum Gasteiger partial charge on any atom is -1.00 e. The molecule has 4 heteroatoms. The van der Waals surface area contributed by atoms with E-state index in [4.69, 9.17) is 0 Å². The van der Waals surface area contributed by atoms with E-state index in [0.29, 0.717) is 0 Å². The van der Waals surface area contributed by atoms with Crippen molar-refractivity contribution in [3.8, 4) is 0 Å². The number of allylic oxidation sites excluding steroid dienone is 8. The molecule has 30 heavy (non-hydrogen) atoms. The van der Waals surface area contributed by atoms with E-state index in [2.05, 4.69) is 65.1 Å². The van der Waals surface area contributed by atoms with Gasteiger partial charge in [-0.25, -0.2) is 23.3 Å². The Balaban J connectivity index is -0.000000391. The SMILES string of the molecule is CCCCC1=CC(CCC)=[C-]C1.CCCCC1=CC(CCC)=[C-]C1.C[Si](C)=[Zr+2].[Cl-].[Cl-]. The molecule has 0 aromatic rings. The van der Waals surface area contributed by atoms with E-state index >= 15 is 0 Å². The molecule has 0 unspecified atom stereocenters. The van der Waals surface area contributed by atoms with E-state index in [-0.39, 0.29) is 30.2 Å². The zero-order chi connectivity index (χ0) is 21.2. The van der Waals surface area contributed by atoms with Gasteiger partial charge in [-0.05, 0) is 12.8 Å². The van der Waals surface area contributed by atoms with E-state index in [1.807, 2.05) is 0 Å². The smallest absolute Gasteiger partial charge is 1.00 e. The molecule has 0 saturated heterocycles. The Bertz CT molecular complexity index is 511. The summed E-state index contributed by atoms with van der Waals surface area (Å²) in [6.45, 7) is 13.6. The molecule has 0 heterocycles. The van der Waals surface area contributed by atoms with Crippen molar-refractivity contribution in [3.63, 3.8) is 0 Å². The Morgan fingerprint density at radius 1 is 0.700 bits per heavy atom. The van der Waals surface area contributed by atoms with Crippen molar-refractivity contribution in [3.05, 3.63) is 46.6 Å². The molecule has 0 radical (unpaired) electrons. The maximum atomic E-state index is 3.44. The average molecular weight is 547 g/mol. The summed E-state index contributed by atoms with van der Waals surface area (Å²) in [6, 6.07) is 0. The van der Waals surface area contributed by atoms with Gasteiger partial charge in [0.25, 0.3) is 0 Å². The minimum Gasteiger partial charge on any atom is -1.00 e. The Morgan fingerprint density at radius 3 is 1.30 bits per heavy atom. The van der Waals surface area contributed by atoms with Crippen molar-refractivity contribution in [2.75, 3.05) is 0 Å². The van der Waals surface area contributed by atoms with Crippen molar-refractivity contribution in [1.82, 2.24) is 0 Å². The number of hydrogen-bond donors (Lipinski definition) is 0. The van der Waals surface area contributed by atoms with Gasteiger partial charge in [0.2, 0.25) is 0 Å². The third-order valence-electron chi connectivity index (χ3n) is 4.58. The second-order valence-electron chi connectivity index (χ2n) is 8.07. The predicted octanol–water partition coefficient (Wildman–Crippen LogP) is 2.87. The Morgan fingerprint density at radius 2 is 1.03 bits per heavy atom. The molecule has 0 bridgehead atoms. The third kappa shape index (κ3) is 20.5. The van der Waals surface area contributed by atoms with Crippen molar-refractivity contribution >= 4 is 5.43 Å². The monoisotopic (exact) mass is 544 g/mol. The first-order chi connectivity index (χ1) is 13.5. The first kappa shape index (κ1) is 35.2. The summed E-state index contributed by atoms with van der Waals surface area (Å²) in [5.41, 5.74) is 6.30. The number of halogens is 2. The van der Waals surface area contributed by atoms with Crippen LogP contribution in [0.1, 0.15) is 105 Å². The molecule has 2 aliphatic rings. The molecule has 2 aliphatic carbocycles. The molecule has 0 aromatic carbocycles. The van der Waals surface area contributed by atoms with Gasteiger partial charge in [0.1, 0.15) is 0 Å². The first-order valence-corrected chi connectivity index (χ1v) is 17.7. The van der Waals surface area contributed by atoms with Gasteiger partial charge in [-0.1, -0.05) is 79.1 Å². The predicted molar refractivity (Wildman–Crippen MR) is 125 cm³/mol. The van der Waals surface area contributed by atoms with Crippen molar-refractivity contribution in [1.29, 1.82) is 0 Å². The standard InChI is InChI=1S/2C12H19.C2H6Si.2ClH.Zr/c2*1-3-5-7-12-9-8-11(10-12)6-4-2;1-3-2;;;/h2*10H,3-7,9H2,1-2H3;1-2H3;2*1H;/q2*-1;;;;+2/p-2. The molecule has 0 N–H and O–H groups in total. The fraction of sp³-hybridized carbons (Fsp3) is 0.692. The molecule has 0 atom stereocenters. The number of hydrogen-bond acceptors (Lipinski definition) is 0. The van der Waals surface area contributed by atoms with Crippen LogP contribution in [0.15, 0.2) is 34.4 Å². The third-order valence-corrected chi connectivity index (χ3v) is 4.58. The van der Waals surface area contributed by atoms with Gasteiger partial charge in [0.15, 0.2) is 0 Å². The summed E-state index contributed by atoms with van der Waals surface area (Å²) < 4.78 is 0. The van der Waals surface area contributed by atoms with Gasteiger partial charge < -0.3 is 24.8 Å². The van der Waals surface area contributed by atoms with Gasteiger partial charge in [0.05, 0.1) is 0 Å². The molecule has 2 rings (SSSR count). The molecule has 0 amide bonds. The summed E-state index contributed by atoms with van der Waals surface area (Å²) in [6.07, 6.45) is 26.6. The quantitative estimate of drug-likeness (QED) is 0.292. The minimum atomic E-state index is 0. The van der Waals surface area contributed by atoms with Crippen LogP contribution in [0.2, 0.25) is 13.1 Å². The fourth-order valence-electron chi connectivity index (χ4n) is 3.14. The maximum absolute atomic E-state index is 3.44. The summed E-state index contributed by atoms with van der Waals surface area (Å²) >= 11 is 1.74. The number of rotatable bonds is 10. The molecule has 0 nitrogen and oxygen atoms in total. The van der Waals surface area contributed by atoms with Gasteiger partial charge in [-0.2, -0.15) is 11.1 Å². The molecule has 172 valence electrons. The second-order valence-corrected chi connectivity index (χ2v) is 17.4. The van der Waals surface area contributed by atoms with Crippen LogP contribution >= 0.6 is 0 Å². The van der Waals surface area contributed by atoms with E-state index < -0.39 is 0 Å². The van der Waals surface area contributed by atoms with Crippen LogP contribution in [0.25, 0.3) is 0 Å². The van der Waals surface area contributed by atoms with Crippen LogP contribution in [0, 0.1) is 12.2 Å². The van der Waals surface area contributed by atoms with Gasteiger partial charge in [-0.15, -0.1) is 12.8 Å². The van der Waals surface area contributed by atoms with Crippen molar-refractivity contribution in [2.45, 2.75) is 118 Å². The number of unbranched alkanes of at least 4 members (excludes halogenated alkanes) is 2. The Kier molecular flexibility index (Phi) is 28.5.